The fourth-order valence-corrected chi connectivity index (χ4v) is 2.57. The lowest BCUT2D eigenvalue weighted by molar-refractivity contribution is 0.0206. The van der Waals surface area contributed by atoms with E-state index >= 15 is 0 Å². The zero-order chi connectivity index (χ0) is 16.2. The van der Waals surface area contributed by atoms with Crippen LogP contribution in [0.3, 0.4) is 0 Å². The Kier molecular flexibility index (Phi) is 5.14. The average Bonchev–Trinajstić information content (AvgIpc) is 2.46. The van der Waals surface area contributed by atoms with Crippen LogP contribution < -0.4 is 4.74 Å². The molecule has 2 aromatic rings. The number of hydrogen-bond donors (Lipinski definition) is 0. The predicted molar refractivity (Wildman–Crippen MR) is 90.5 cm³/mol. The van der Waals surface area contributed by atoms with Gasteiger partial charge in [-0.1, -0.05) is 30.3 Å². The normalized spacial score (nSPS) is 11.1. The molecule has 0 radical (unpaired) electrons. The molecule has 0 N–H and O–H groups in total. The number of hydrogen-bond acceptors (Lipinski definition) is 4. The van der Waals surface area contributed by atoms with Crippen molar-refractivity contribution < 1.29 is 14.3 Å². The Morgan fingerprint density at radius 1 is 1.00 bits per heavy atom. The average molecular weight is 316 g/mol. The van der Waals surface area contributed by atoms with Crippen LogP contribution in [-0.4, -0.2) is 18.0 Å². The molecule has 0 bridgehead atoms. The molecule has 0 amide bonds. The van der Waals surface area contributed by atoms with Crippen molar-refractivity contribution in [1.82, 2.24) is 0 Å². The summed E-state index contributed by atoms with van der Waals surface area (Å²) in [5.41, 5.74) is 1.69. The largest absolute Gasteiger partial charge is 0.514 e. The molecule has 0 unspecified atom stereocenters. The van der Waals surface area contributed by atoms with Gasteiger partial charge in [0.05, 0.1) is 0 Å². The van der Waals surface area contributed by atoms with E-state index in [0.29, 0.717) is 5.75 Å². The lowest BCUT2D eigenvalue weighted by Gasteiger charge is -2.18. The van der Waals surface area contributed by atoms with Gasteiger partial charge in [-0.25, -0.2) is 4.79 Å². The van der Waals surface area contributed by atoms with Crippen molar-refractivity contribution in [2.75, 3.05) is 6.26 Å². The first kappa shape index (κ1) is 16.4. The molecule has 4 heteroatoms. The first-order valence-corrected chi connectivity index (χ1v) is 8.26. The molecule has 0 saturated heterocycles. The molecule has 2 aromatic carbocycles. The van der Waals surface area contributed by atoms with Crippen LogP contribution in [0.4, 0.5) is 4.79 Å². The highest BCUT2D eigenvalue weighted by atomic mass is 32.2. The highest BCUT2D eigenvalue weighted by Crippen LogP contribution is 2.31. The van der Waals surface area contributed by atoms with E-state index in [1.165, 1.54) is 10.5 Å². The van der Waals surface area contributed by atoms with Crippen LogP contribution in [0.2, 0.25) is 0 Å². The van der Waals surface area contributed by atoms with E-state index in [1.54, 1.807) is 44.7 Å². The van der Waals surface area contributed by atoms with Crippen molar-refractivity contribution in [3.05, 3.63) is 48.5 Å². The summed E-state index contributed by atoms with van der Waals surface area (Å²) in [6, 6.07) is 15.6. The zero-order valence-corrected chi connectivity index (χ0v) is 14.1. The summed E-state index contributed by atoms with van der Waals surface area (Å²) >= 11 is 1.71. The predicted octanol–water partition coefficient (Wildman–Crippen LogP) is 5.39. The van der Waals surface area contributed by atoms with Gasteiger partial charge in [0, 0.05) is 4.90 Å². The molecule has 2 rings (SSSR count). The Labute approximate surface area is 135 Å². The van der Waals surface area contributed by atoms with Gasteiger partial charge in [-0.2, -0.15) is 0 Å². The lowest BCUT2D eigenvalue weighted by atomic mass is 10.1. The topological polar surface area (TPSA) is 35.5 Å². The SMILES string of the molecule is CSc1ccccc1-c1ccc(OC(=O)OC(C)(C)C)cc1. The highest BCUT2D eigenvalue weighted by molar-refractivity contribution is 7.98. The van der Waals surface area contributed by atoms with E-state index < -0.39 is 11.8 Å². The fraction of sp³-hybridized carbons (Fsp3) is 0.278. The van der Waals surface area contributed by atoms with Crippen LogP contribution in [0.1, 0.15) is 20.8 Å². The van der Waals surface area contributed by atoms with Gasteiger partial charge in [-0.15, -0.1) is 11.8 Å². The molecule has 0 aliphatic heterocycles. The molecule has 0 atom stereocenters. The smallest absolute Gasteiger partial charge is 0.428 e. The van der Waals surface area contributed by atoms with Crippen molar-refractivity contribution in [3.8, 4) is 16.9 Å². The summed E-state index contributed by atoms with van der Waals surface area (Å²) in [6.07, 6.45) is 1.36. The van der Waals surface area contributed by atoms with Crippen LogP contribution in [0, 0.1) is 0 Å². The second kappa shape index (κ2) is 6.88. The molecule has 0 saturated carbocycles. The van der Waals surface area contributed by atoms with Crippen molar-refractivity contribution in [2.24, 2.45) is 0 Å². The van der Waals surface area contributed by atoms with Gasteiger partial charge >= 0.3 is 6.16 Å². The summed E-state index contributed by atoms with van der Waals surface area (Å²) < 4.78 is 10.3. The van der Waals surface area contributed by atoms with Crippen molar-refractivity contribution >= 4 is 17.9 Å². The lowest BCUT2D eigenvalue weighted by Crippen LogP contribution is -2.25. The first-order valence-electron chi connectivity index (χ1n) is 7.03. The summed E-state index contributed by atoms with van der Waals surface area (Å²) in [6.45, 7) is 5.41. The fourth-order valence-electron chi connectivity index (χ4n) is 1.95. The van der Waals surface area contributed by atoms with Crippen LogP contribution in [0.25, 0.3) is 11.1 Å². The molecule has 0 aliphatic carbocycles. The number of carbonyl (C=O) groups excluding carboxylic acids is 1. The third kappa shape index (κ3) is 4.53. The van der Waals surface area contributed by atoms with Gasteiger partial charge in [0.25, 0.3) is 0 Å². The van der Waals surface area contributed by atoms with E-state index in [9.17, 15) is 4.79 Å². The third-order valence-electron chi connectivity index (χ3n) is 2.86. The van der Waals surface area contributed by atoms with Crippen LogP contribution in [-0.2, 0) is 4.74 Å². The second-order valence-electron chi connectivity index (χ2n) is 5.79. The Bertz CT molecular complexity index is 642. The number of rotatable bonds is 3. The quantitative estimate of drug-likeness (QED) is 0.432. The van der Waals surface area contributed by atoms with Crippen molar-refractivity contribution in [1.29, 1.82) is 0 Å². The van der Waals surface area contributed by atoms with Gasteiger partial charge in [0.15, 0.2) is 0 Å². The van der Waals surface area contributed by atoms with E-state index in [4.69, 9.17) is 9.47 Å². The summed E-state index contributed by atoms with van der Waals surface area (Å²) in [7, 11) is 0. The molecule has 22 heavy (non-hydrogen) atoms. The minimum Gasteiger partial charge on any atom is -0.428 e. The van der Waals surface area contributed by atoms with E-state index in [-0.39, 0.29) is 0 Å². The van der Waals surface area contributed by atoms with Gasteiger partial charge in [0.2, 0.25) is 0 Å². The maximum atomic E-state index is 11.6. The van der Waals surface area contributed by atoms with Gasteiger partial charge in [-0.3, -0.25) is 0 Å². The molecular formula is C18H20O3S. The Morgan fingerprint density at radius 3 is 2.23 bits per heavy atom. The number of benzene rings is 2. The number of thioether (sulfide) groups is 1. The first-order chi connectivity index (χ1) is 10.4. The van der Waals surface area contributed by atoms with Gasteiger partial charge in [0.1, 0.15) is 11.4 Å². The molecule has 116 valence electrons. The molecule has 0 aliphatic rings. The molecule has 0 spiro atoms. The van der Waals surface area contributed by atoms with Crippen LogP contribution >= 0.6 is 11.8 Å². The summed E-state index contributed by atoms with van der Waals surface area (Å²) in [5, 5.41) is 0. The van der Waals surface area contributed by atoms with E-state index in [0.717, 1.165) is 5.56 Å². The van der Waals surface area contributed by atoms with Gasteiger partial charge < -0.3 is 9.47 Å². The standard InChI is InChI=1S/C18H20O3S/c1-18(2,3)21-17(19)20-14-11-9-13(10-12-14)15-7-5-6-8-16(15)22-4/h5-12H,1-4H3. The number of carbonyl (C=O) groups is 1. The van der Waals surface area contributed by atoms with E-state index in [2.05, 4.69) is 18.4 Å². The number of ether oxygens (including phenoxy) is 2. The molecule has 0 heterocycles. The van der Waals surface area contributed by atoms with Gasteiger partial charge in [-0.05, 0) is 56.4 Å². The molecule has 0 aromatic heterocycles. The van der Waals surface area contributed by atoms with Crippen LogP contribution in [0.15, 0.2) is 53.4 Å². The van der Waals surface area contributed by atoms with Crippen molar-refractivity contribution in [3.63, 3.8) is 0 Å². The van der Waals surface area contributed by atoms with Crippen molar-refractivity contribution in [2.45, 2.75) is 31.3 Å². The molecule has 3 nitrogen and oxygen atoms in total. The minimum atomic E-state index is -0.690. The Morgan fingerprint density at radius 2 is 1.64 bits per heavy atom. The zero-order valence-electron chi connectivity index (χ0n) is 13.3. The molecule has 0 fully saturated rings. The summed E-state index contributed by atoms with van der Waals surface area (Å²) in [5.74, 6) is 0.472. The third-order valence-corrected chi connectivity index (χ3v) is 3.66. The Hall–Kier alpha value is -1.94. The Balaban J connectivity index is 2.12. The summed E-state index contributed by atoms with van der Waals surface area (Å²) in [4.78, 5) is 12.8. The maximum Gasteiger partial charge on any atom is 0.514 e. The minimum absolute atomic E-state index is 0.472. The van der Waals surface area contributed by atoms with E-state index in [1.807, 2.05) is 24.3 Å². The monoisotopic (exact) mass is 316 g/mol. The maximum absolute atomic E-state index is 11.6. The highest BCUT2D eigenvalue weighted by Gasteiger charge is 2.18. The molecular weight excluding hydrogens is 296 g/mol. The second-order valence-corrected chi connectivity index (χ2v) is 6.64. The van der Waals surface area contributed by atoms with Crippen LogP contribution in [0.5, 0.6) is 5.75 Å².